The molecule has 0 N–H and O–H groups in total. The summed E-state index contributed by atoms with van der Waals surface area (Å²) in [5.41, 5.74) is 0.922. The van der Waals surface area contributed by atoms with Gasteiger partial charge in [0.15, 0.2) is 0 Å². The Balaban J connectivity index is 1.95. The maximum Gasteiger partial charge on any atom is 0.269 e. The lowest BCUT2D eigenvalue weighted by Gasteiger charge is -2.29. The van der Waals surface area contributed by atoms with Gasteiger partial charge >= 0.3 is 0 Å². The van der Waals surface area contributed by atoms with Crippen molar-refractivity contribution in [3.05, 3.63) is 45.1 Å². The van der Waals surface area contributed by atoms with Crippen molar-refractivity contribution in [1.29, 1.82) is 0 Å². The lowest BCUT2D eigenvalue weighted by molar-refractivity contribution is 0.0979. The number of halogens is 1. The van der Waals surface area contributed by atoms with Crippen LogP contribution in [-0.2, 0) is 0 Å². The number of methoxy groups -OCH3 is 1. The highest BCUT2D eigenvalue weighted by atomic mass is 79.9. The number of hydrogen-bond donors (Lipinski definition) is 0. The first kappa shape index (κ1) is 15.6. The minimum atomic E-state index is 0.0615. The minimum Gasteiger partial charge on any atom is -0.497 e. The van der Waals surface area contributed by atoms with Gasteiger partial charge in [-0.05, 0) is 77.3 Å². The summed E-state index contributed by atoms with van der Waals surface area (Å²) in [6.07, 6.45) is 2.40. The molecule has 0 aliphatic heterocycles. The maximum absolute atomic E-state index is 13.0. The maximum atomic E-state index is 13.0. The van der Waals surface area contributed by atoms with Crippen LogP contribution < -0.4 is 9.64 Å². The summed E-state index contributed by atoms with van der Waals surface area (Å²) < 4.78 is 6.08. The molecule has 0 spiro atoms. The molecule has 1 aliphatic rings. The Bertz CT molecular complexity index is 664. The van der Waals surface area contributed by atoms with Crippen LogP contribution in [0.5, 0.6) is 5.75 Å². The second-order valence-electron chi connectivity index (χ2n) is 5.55. The zero-order chi connectivity index (χ0) is 15.7. The van der Waals surface area contributed by atoms with Crippen LogP contribution in [0.3, 0.4) is 0 Å². The van der Waals surface area contributed by atoms with Gasteiger partial charge in [0.1, 0.15) is 10.6 Å². The number of ether oxygens (including phenoxy) is 1. The number of rotatable bonds is 5. The van der Waals surface area contributed by atoms with Crippen LogP contribution >= 0.6 is 27.3 Å². The standard InChI is InChI=1S/C17H18BrNO2S/c1-11(12-3-4-12)19(13-5-7-14(21-2)8-6-13)17(20)16-15(18)9-10-22-16/h5-12H,3-4H2,1-2H3. The van der Waals surface area contributed by atoms with Gasteiger partial charge in [0.2, 0.25) is 0 Å². The summed E-state index contributed by atoms with van der Waals surface area (Å²) in [6, 6.07) is 9.84. The highest BCUT2D eigenvalue weighted by Gasteiger charge is 2.36. The summed E-state index contributed by atoms with van der Waals surface area (Å²) >= 11 is 4.95. The lowest BCUT2D eigenvalue weighted by Crippen LogP contribution is -2.39. The fraction of sp³-hybridized carbons (Fsp3) is 0.353. The van der Waals surface area contributed by atoms with Crippen molar-refractivity contribution in [2.24, 2.45) is 5.92 Å². The first-order valence-corrected chi connectivity index (χ1v) is 8.99. The average Bonchev–Trinajstić information content (AvgIpc) is 3.30. The molecule has 22 heavy (non-hydrogen) atoms. The molecule has 1 amide bonds. The molecular weight excluding hydrogens is 362 g/mol. The number of hydrogen-bond acceptors (Lipinski definition) is 3. The first-order valence-electron chi connectivity index (χ1n) is 7.32. The molecule has 1 aromatic heterocycles. The van der Waals surface area contributed by atoms with Crippen molar-refractivity contribution in [2.75, 3.05) is 12.0 Å². The van der Waals surface area contributed by atoms with E-state index < -0.39 is 0 Å². The highest BCUT2D eigenvalue weighted by Crippen LogP contribution is 2.38. The predicted octanol–water partition coefficient (Wildman–Crippen LogP) is 4.96. The zero-order valence-electron chi connectivity index (χ0n) is 12.6. The third-order valence-electron chi connectivity index (χ3n) is 4.09. The van der Waals surface area contributed by atoms with E-state index in [1.54, 1.807) is 7.11 Å². The van der Waals surface area contributed by atoms with E-state index in [0.29, 0.717) is 5.92 Å². The van der Waals surface area contributed by atoms with E-state index in [1.165, 1.54) is 24.2 Å². The van der Waals surface area contributed by atoms with Gasteiger partial charge in [-0.1, -0.05) is 0 Å². The van der Waals surface area contributed by atoms with Crippen LogP contribution in [0.1, 0.15) is 29.4 Å². The number of benzene rings is 1. The molecule has 116 valence electrons. The SMILES string of the molecule is COc1ccc(N(C(=O)c2sccc2Br)C(C)C2CC2)cc1. The van der Waals surface area contributed by atoms with E-state index in [4.69, 9.17) is 4.74 Å². The molecule has 1 aromatic carbocycles. The Morgan fingerprint density at radius 1 is 1.32 bits per heavy atom. The Labute approximate surface area is 143 Å². The van der Waals surface area contributed by atoms with Crippen LogP contribution in [0.25, 0.3) is 0 Å². The van der Waals surface area contributed by atoms with Crippen molar-refractivity contribution < 1.29 is 9.53 Å². The molecular formula is C17H18BrNO2S. The van der Waals surface area contributed by atoms with Gasteiger partial charge in [-0.15, -0.1) is 11.3 Å². The van der Waals surface area contributed by atoms with E-state index >= 15 is 0 Å². The topological polar surface area (TPSA) is 29.5 Å². The van der Waals surface area contributed by atoms with Gasteiger partial charge < -0.3 is 9.64 Å². The Morgan fingerprint density at radius 3 is 2.50 bits per heavy atom. The molecule has 1 saturated carbocycles. The van der Waals surface area contributed by atoms with Crippen molar-refractivity contribution in [2.45, 2.75) is 25.8 Å². The third kappa shape index (κ3) is 3.06. The third-order valence-corrected chi connectivity index (χ3v) is 5.92. The average molecular weight is 380 g/mol. The number of carbonyl (C=O) groups is 1. The molecule has 3 rings (SSSR count). The first-order chi connectivity index (χ1) is 10.6. The largest absolute Gasteiger partial charge is 0.497 e. The van der Waals surface area contributed by atoms with Crippen molar-refractivity contribution in [3.63, 3.8) is 0 Å². The molecule has 1 fully saturated rings. The van der Waals surface area contributed by atoms with Gasteiger partial charge in [-0.3, -0.25) is 4.79 Å². The van der Waals surface area contributed by atoms with E-state index in [0.717, 1.165) is 20.8 Å². The van der Waals surface area contributed by atoms with Crippen LogP contribution in [0.15, 0.2) is 40.2 Å². The van der Waals surface area contributed by atoms with Gasteiger partial charge in [0.05, 0.1) is 7.11 Å². The minimum absolute atomic E-state index is 0.0615. The fourth-order valence-corrected chi connectivity index (χ4v) is 4.10. The molecule has 3 nitrogen and oxygen atoms in total. The highest BCUT2D eigenvalue weighted by molar-refractivity contribution is 9.10. The molecule has 0 saturated heterocycles. The lowest BCUT2D eigenvalue weighted by atomic mass is 10.1. The molecule has 2 aromatic rings. The van der Waals surface area contributed by atoms with Crippen LogP contribution in [-0.4, -0.2) is 19.1 Å². The quantitative estimate of drug-likeness (QED) is 0.734. The van der Waals surface area contributed by atoms with E-state index in [9.17, 15) is 4.79 Å². The summed E-state index contributed by atoms with van der Waals surface area (Å²) in [5, 5.41) is 1.94. The van der Waals surface area contributed by atoms with Gasteiger partial charge in [-0.2, -0.15) is 0 Å². The zero-order valence-corrected chi connectivity index (χ0v) is 15.0. The second-order valence-corrected chi connectivity index (χ2v) is 7.32. The molecule has 5 heteroatoms. The molecule has 0 radical (unpaired) electrons. The van der Waals surface area contributed by atoms with Crippen LogP contribution in [0, 0.1) is 5.92 Å². The van der Waals surface area contributed by atoms with Crippen LogP contribution in [0.2, 0.25) is 0 Å². The summed E-state index contributed by atoms with van der Waals surface area (Å²) in [6.45, 7) is 2.14. The summed E-state index contributed by atoms with van der Waals surface area (Å²) in [4.78, 5) is 15.7. The molecule has 1 unspecified atom stereocenters. The number of carbonyl (C=O) groups excluding carboxylic acids is 1. The van der Waals surface area contributed by atoms with Gasteiger partial charge in [-0.25, -0.2) is 0 Å². The number of nitrogens with zero attached hydrogens (tertiary/aromatic N) is 1. The van der Waals surface area contributed by atoms with Crippen molar-refractivity contribution in [1.82, 2.24) is 0 Å². The molecule has 1 atom stereocenters. The Kier molecular flexibility index (Phi) is 4.54. The van der Waals surface area contributed by atoms with E-state index in [1.807, 2.05) is 40.6 Å². The summed E-state index contributed by atoms with van der Waals surface area (Å²) in [5.74, 6) is 1.46. The van der Waals surface area contributed by atoms with Crippen LogP contribution in [0.4, 0.5) is 5.69 Å². The normalized spacial score (nSPS) is 15.4. The summed E-state index contributed by atoms with van der Waals surface area (Å²) in [7, 11) is 1.65. The van der Waals surface area contributed by atoms with Gasteiger partial charge in [0, 0.05) is 16.2 Å². The fourth-order valence-electron chi connectivity index (χ4n) is 2.63. The second kappa shape index (κ2) is 6.42. The monoisotopic (exact) mass is 379 g/mol. The molecule has 1 aliphatic carbocycles. The Morgan fingerprint density at radius 2 is 2.00 bits per heavy atom. The number of anilines is 1. The number of thiophene rings is 1. The van der Waals surface area contributed by atoms with Gasteiger partial charge in [0.25, 0.3) is 5.91 Å². The van der Waals surface area contributed by atoms with E-state index in [2.05, 4.69) is 22.9 Å². The van der Waals surface area contributed by atoms with E-state index in [-0.39, 0.29) is 11.9 Å². The Hall–Kier alpha value is -1.33. The predicted molar refractivity (Wildman–Crippen MR) is 94.0 cm³/mol. The van der Waals surface area contributed by atoms with Crippen molar-refractivity contribution >= 4 is 38.9 Å². The number of amides is 1. The molecule has 1 heterocycles. The smallest absolute Gasteiger partial charge is 0.269 e. The van der Waals surface area contributed by atoms with Crippen molar-refractivity contribution in [3.8, 4) is 5.75 Å². The molecule has 0 bridgehead atoms.